The van der Waals surface area contributed by atoms with Gasteiger partial charge in [-0.15, -0.1) is 0 Å². The van der Waals surface area contributed by atoms with Gasteiger partial charge >= 0.3 is 0 Å². The molecule has 0 radical (unpaired) electrons. The fraction of sp³-hybridized carbons (Fsp3) is 0.333. The molecule has 0 bridgehead atoms. The van der Waals surface area contributed by atoms with E-state index in [1.807, 2.05) is 18.2 Å². The van der Waals surface area contributed by atoms with Crippen molar-refractivity contribution in [3.63, 3.8) is 0 Å². The van der Waals surface area contributed by atoms with Crippen molar-refractivity contribution in [2.45, 2.75) is 32.9 Å². The Kier molecular flexibility index (Phi) is 3.75. The molecule has 1 atom stereocenters. The summed E-state index contributed by atoms with van der Waals surface area (Å²) in [6.45, 7) is 6.03. The van der Waals surface area contributed by atoms with Crippen LogP contribution in [0.15, 0.2) is 42.5 Å². The van der Waals surface area contributed by atoms with Gasteiger partial charge in [-0.2, -0.15) is 0 Å². The van der Waals surface area contributed by atoms with Crippen LogP contribution < -0.4 is 10.1 Å². The van der Waals surface area contributed by atoms with Crippen LogP contribution >= 0.6 is 0 Å². The summed E-state index contributed by atoms with van der Waals surface area (Å²) >= 11 is 0. The maximum absolute atomic E-state index is 6.02. The summed E-state index contributed by atoms with van der Waals surface area (Å²) in [5.41, 5.74) is 5.05. The minimum absolute atomic E-state index is 0.538. The molecule has 0 aliphatic carbocycles. The van der Waals surface area contributed by atoms with Gasteiger partial charge in [0.25, 0.3) is 0 Å². The molecule has 2 aromatic carbocycles. The molecule has 2 nitrogen and oxygen atoms in total. The first-order chi connectivity index (χ1) is 9.74. The van der Waals surface area contributed by atoms with Crippen LogP contribution in [0.5, 0.6) is 5.75 Å². The number of hydrogen-bond donors (Lipinski definition) is 1. The molecule has 1 fully saturated rings. The molecule has 2 aromatic rings. The molecule has 0 saturated carbocycles. The topological polar surface area (TPSA) is 21.3 Å². The van der Waals surface area contributed by atoms with Crippen molar-refractivity contribution in [3.05, 3.63) is 64.7 Å². The highest BCUT2D eigenvalue weighted by molar-refractivity contribution is 5.44. The van der Waals surface area contributed by atoms with Crippen molar-refractivity contribution in [1.29, 1.82) is 0 Å². The third-order valence-electron chi connectivity index (χ3n) is 3.93. The van der Waals surface area contributed by atoms with E-state index in [1.54, 1.807) is 0 Å². The number of nitrogens with one attached hydrogen (secondary N) is 1. The first-order valence-corrected chi connectivity index (χ1v) is 7.25. The number of hydrogen-bond acceptors (Lipinski definition) is 2. The predicted octanol–water partition coefficient (Wildman–Crippen LogP) is 3.92. The van der Waals surface area contributed by atoms with E-state index in [1.165, 1.54) is 28.7 Å². The van der Waals surface area contributed by atoms with Gasteiger partial charge in [-0.05, 0) is 49.1 Å². The lowest BCUT2D eigenvalue weighted by Gasteiger charge is -2.29. The summed E-state index contributed by atoms with van der Waals surface area (Å²) in [6.07, 6.45) is 1.24. The summed E-state index contributed by atoms with van der Waals surface area (Å²) < 4.78 is 6.02. The molecule has 20 heavy (non-hydrogen) atoms. The average molecular weight is 267 g/mol. The smallest absolute Gasteiger partial charge is 0.125 e. The van der Waals surface area contributed by atoms with Crippen molar-refractivity contribution >= 4 is 0 Å². The Bertz CT molecular complexity index is 565. The molecule has 2 heteroatoms. The van der Waals surface area contributed by atoms with Crippen LogP contribution in [0, 0.1) is 13.8 Å². The average Bonchev–Trinajstić information content (AvgIpc) is 2.37. The summed E-state index contributed by atoms with van der Waals surface area (Å²) in [6, 6.07) is 15.4. The van der Waals surface area contributed by atoms with Crippen molar-refractivity contribution in [2.75, 3.05) is 6.54 Å². The third-order valence-corrected chi connectivity index (χ3v) is 3.93. The van der Waals surface area contributed by atoms with Gasteiger partial charge in [-0.3, -0.25) is 0 Å². The summed E-state index contributed by atoms with van der Waals surface area (Å²) in [5.74, 6) is 1.02. The predicted molar refractivity (Wildman–Crippen MR) is 82.1 cm³/mol. The maximum Gasteiger partial charge on any atom is 0.125 e. The summed E-state index contributed by atoms with van der Waals surface area (Å²) in [4.78, 5) is 0. The van der Waals surface area contributed by atoms with Crippen molar-refractivity contribution in [3.8, 4) is 5.75 Å². The molecule has 1 aliphatic rings. The lowest BCUT2D eigenvalue weighted by molar-refractivity contribution is 0.301. The normalized spacial score (nSPS) is 17.6. The molecule has 1 aliphatic heterocycles. The minimum Gasteiger partial charge on any atom is -0.488 e. The van der Waals surface area contributed by atoms with Crippen molar-refractivity contribution in [1.82, 2.24) is 5.32 Å². The monoisotopic (exact) mass is 267 g/mol. The van der Waals surface area contributed by atoms with E-state index in [9.17, 15) is 0 Å². The Morgan fingerprint density at radius 1 is 1.10 bits per heavy atom. The van der Waals surface area contributed by atoms with E-state index in [0.717, 1.165) is 12.3 Å². The summed E-state index contributed by atoms with van der Waals surface area (Å²) in [7, 11) is 0. The first kappa shape index (κ1) is 13.2. The lowest BCUT2D eigenvalue weighted by Crippen LogP contribution is -2.35. The van der Waals surface area contributed by atoms with Crippen LogP contribution in [0.3, 0.4) is 0 Å². The molecule has 0 unspecified atom stereocenters. The van der Waals surface area contributed by atoms with E-state index in [2.05, 4.69) is 43.4 Å². The van der Waals surface area contributed by atoms with E-state index >= 15 is 0 Å². The zero-order chi connectivity index (χ0) is 13.9. The van der Waals surface area contributed by atoms with Gasteiger partial charge in [-0.25, -0.2) is 0 Å². The Labute approximate surface area is 120 Å². The lowest BCUT2D eigenvalue weighted by atomic mass is 9.94. The van der Waals surface area contributed by atoms with Crippen LogP contribution in [0.4, 0.5) is 0 Å². The summed E-state index contributed by atoms with van der Waals surface area (Å²) in [5, 5.41) is 3.45. The molecule has 0 spiro atoms. The highest BCUT2D eigenvalue weighted by Crippen LogP contribution is 2.31. The van der Waals surface area contributed by atoms with Crippen LogP contribution in [-0.2, 0) is 6.61 Å². The number of ether oxygens (including phenoxy) is 1. The molecule has 1 N–H and O–H groups in total. The van der Waals surface area contributed by atoms with Crippen molar-refractivity contribution < 1.29 is 4.74 Å². The zero-order valence-corrected chi connectivity index (χ0v) is 12.1. The standard InChI is InChI=1S/C18H21NO/c1-13-10-16(17-8-9-19-17)11-14(2)18(13)20-12-15-6-4-3-5-7-15/h3-7,10-11,17,19H,8-9,12H2,1-2H3/t17-/m1/s1. The Morgan fingerprint density at radius 2 is 1.75 bits per heavy atom. The van der Waals surface area contributed by atoms with Gasteiger partial charge in [0.1, 0.15) is 12.4 Å². The molecule has 0 amide bonds. The molecule has 3 rings (SSSR count). The molecular weight excluding hydrogens is 246 g/mol. The molecule has 1 saturated heterocycles. The second-order valence-corrected chi connectivity index (χ2v) is 5.55. The van der Waals surface area contributed by atoms with Gasteiger partial charge in [0.15, 0.2) is 0 Å². The van der Waals surface area contributed by atoms with Crippen LogP contribution in [-0.4, -0.2) is 6.54 Å². The molecular formula is C18H21NO. The van der Waals surface area contributed by atoms with Gasteiger partial charge < -0.3 is 10.1 Å². The largest absolute Gasteiger partial charge is 0.488 e. The quantitative estimate of drug-likeness (QED) is 0.906. The molecule has 0 aromatic heterocycles. The fourth-order valence-electron chi connectivity index (χ4n) is 2.72. The molecule has 104 valence electrons. The minimum atomic E-state index is 0.538. The van der Waals surface area contributed by atoms with E-state index in [0.29, 0.717) is 12.6 Å². The maximum atomic E-state index is 6.02. The van der Waals surface area contributed by atoms with E-state index in [4.69, 9.17) is 4.74 Å². The second kappa shape index (κ2) is 5.68. The number of rotatable bonds is 4. The molecule has 1 heterocycles. The third kappa shape index (κ3) is 2.70. The zero-order valence-electron chi connectivity index (χ0n) is 12.1. The van der Waals surface area contributed by atoms with Gasteiger partial charge in [0.2, 0.25) is 0 Å². The van der Waals surface area contributed by atoms with Gasteiger partial charge in [0.05, 0.1) is 0 Å². The van der Waals surface area contributed by atoms with Crippen LogP contribution in [0.2, 0.25) is 0 Å². The highest BCUT2D eigenvalue weighted by atomic mass is 16.5. The second-order valence-electron chi connectivity index (χ2n) is 5.55. The number of benzene rings is 2. The van der Waals surface area contributed by atoms with Crippen LogP contribution in [0.25, 0.3) is 0 Å². The highest BCUT2D eigenvalue weighted by Gasteiger charge is 2.20. The van der Waals surface area contributed by atoms with E-state index in [-0.39, 0.29) is 0 Å². The van der Waals surface area contributed by atoms with Gasteiger partial charge in [-0.1, -0.05) is 42.5 Å². The van der Waals surface area contributed by atoms with Crippen molar-refractivity contribution in [2.24, 2.45) is 0 Å². The van der Waals surface area contributed by atoms with Gasteiger partial charge in [0, 0.05) is 6.04 Å². The Morgan fingerprint density at radius 3 is 2.30 bits per heavy atom. The van der Waals surface area contributed by atoms with E-state index < -0.39 is 0 Å². The number of aryl methyl sites for hydroxylation is 2. The fourth-order valence-corrected chi connectivity index (χ4v) is 2.72. The SMILES string of the molecule is Cc1cc([C@H]2CCN2)cc(C)c1OCc1ccccc1. The Hall–Kier alpha value is -1.80. The first-order valence-electron chi connectivity index (χ1n) is 7.25. The Balaban J connectivity index is 1.76. The van der Waals surface area contributed by atoms with Crippen LogP contribution in [0.1, 0.15) is 34.7 Å².